The van der Waals surface area contributed by atoms with Crippen LogP contribution in [-0.2, 0) is 27.5 Å². The molecule has 0 saturated carbocycles. The molecule has 2 unspecified atom stereocenters. The molecule has 0 spiro atoms. The lowest BCUT2D eigenvalue weighted by Crippen LogP contribution is -2.29. The summed E-state index contributed by atoms with van der Waals surface area (Å²) in [5.41, 5.74) is 4.54. The number of benzene rings is 4. The summed E-state index contributed by atoms with van der Waals surface area (Å²) in [4.78, 5) is 26.7. The number of ether oxygens (including phenoxy) is 2. The van der Waals surface area contributed by atoms with Gasteiger partial charge in [-0.2, -0.15) is 0 Å². The molecule has 5 nitrogen and oxygen atoms in total. The summed E-state index contributed by atoms with van der Waals surface area (Å²) in [6.45, 7) is 0.348. The van der Waals surface area contributed by atoms with Crippen LogP contribution in [-0.4, -0.2) is 11.9 Å². The molecule has 2 atom stereocenters. The number of halogens is 1. The lowest BCUT2D eigenvalue weighted by Gasteiger charge is -2.33. The molecule has 0 aliphatic carbocycles. The van der Waals surface area contributed by atoms with Crippen LogP contribution in [0.5, 0.6) is 0 Å². The maximum absolute atomic E-state index is 13.4. The Bertz CT molecular complexity index is 1380. The molecule has 1 aliphatic heterocycles. The SMILES string of the molecule is O=C(OCc1ccccc1)c1cc(Br)cc2c1NC(c1ccccc1)CC2C(=O)OCc1ccccc1. The molecule has 186 valence electrons. The van der Waals surface area contributed by atoms with E-state index in [9.17, 15) is 9.59 Å². The monoisotopic (exact) mass is 555 g/mol. The number of nitrogens with one attached hydrogen (secondary N) is 1. The number of rotatable bonds is 7. The van der Waals surface area contributed by atoms with Gasteiger partial charge in [0.1, 0.15) is 13.2 Å². The molecule has 0 fully saturated rings. The van der Waals surface area contributed by atoms with Gasteiger partial charge in [0.25, 0.3) is 0 Å². The lowest BCUT2D eigenvalue weighted by molar-refractivity contribution is -0.147. The number of hydrogen-bond acceptors (Lipinski definition) is 5. The van der Waals surface area contributed by atoms with Crippen molar-refractivity contribution in [2.75, 3.05) is 5.32 Å². The van der Waals surface area contributed by atoms with Crippen molar-refractivity contribution in [2.24, 2.45) is 0 Å². The topological polar surface area (TPSA) is 64.6 Å². The van der Waals surface area contributed by atoms with E-state index >= 15 is 0 Å². The quantitative estimate of drug-likeness (QED) is 0.244. The molecular weight excluding hydrogens is 530 g/mol. The molecule has 0 amide bonds. The molecule has 4 aromatic rings. The van der Waals surface area contributed by atoms with Gasteiger partial charge in [0, 0.05) is 4.47 Å². The normalized spacial score (nSPS) is 16.2. The number of anilines is 1. The Kier molecular flexibility index (Phi) is 7.66. The molecule has 0 radical (unpaired) electrons. The summed E-state index contributed by atoms with van der Waals surface area (Å²) in [7, 11) is 0. The van der Waals surface area contributed by atoms with Gasteiger partial charge in [0.05, 0.1) is 23.2 Å². The summed E-state index contributed by atoms with van der Waals surface area (Å²) >= 11 is 3.53. The fourth-order valence-electron chi connectivity index (χ4n) is 4.58. The fourth-order valence-corrected chi connectivity index (χ4v) is 5.05. The van der Waals surface area contributed by atoms with Crippen molar-refractivity contribution in [2.45, 2.75) is 31.6 Å². The maximum Gasteiger partial charge on any atom is 0.340 e. The van der Waals surface area contributed by atoms with Gasteiger partial charge in [-0.05, 0) is 40.8 Å². The first-order valence-electron chi connectivity index (χ1n) is 12.1. The van der Waals surface area contributed by atoms with Crippen LogP contribution in [0.3, 0.4) is 0 Å². The maximum atomic E-state index is 13.4. The molecule has 0 bridgehead atoms. The van der Waals surface area contributed by atoms with Crippen LogP contribution >= 0.6 is 15.9 Å². The molecule has 4 aromatic carbocycles. The van der Waals surface area contributed by atoms with Crippen LogP contribution in [0, 0.1) is 0 Å². The highest BCUT2D eigenvalue weighted by molar-refractivity contribution is 9.10. The van der Waals surface area contributed by atoms with Crippen LogP contribution in [0.2, 0.25) is 0 Å². The molecule has 1 heterocycles. The average molecular weight is 556 g/mol. The largest absolute Gasteiger partial charge is 0.460 e. The zero-order valence-electron chi connectivity index (χ0n) is 20.1. The summed E-state index contributed by atoms with van der Waals surface area (Å²) < 4.78 is 12.1. The zero-order valence-corrected chi connectivity index (χ0v) is 21.7. The Labute approximate surface area is 224 Å². The zero-order chi connectivity index (χ0) is 25.6. The van der Waals surface area contributed by atoms with Gasteiger partial charge in [0.2, 0.25) is 0 Å². The van der Waals surface area contributed by atoms with E-state index in [4.69, 9.17) is 9.47 Å². The van der Waals surface area contributed by atoms with E-state index in [1.54, 1.807) is 6.07 Å². The number of fused-ring (bicyclic) bond motifs is 1. The molecule has 0 saturated heterocycles. The molecule has 37 heavy (non-hydrogen) atoms. The molecule has 0 aromatic heterocycles. The van der Waals surface area contributed by atoms with Gasteiger partial charge >= 0.3 is 11.9 Å². The van der Waals surface area contributed by atoms with Crippen LogP contribution in [0.15, 0.2) is 108 Å². The molecular formula is C31H26BrNO4. The van der Waals surface area contributed by atoms with Gasteiger partial charge < -0.3 is 14.8 Å². The lowest BCUT2D eigenvalue weighted by atomic mass is 9.83. The Hall–Kier alpha value is -3.90. The van der Waals surface area contributed by atoms with Crippen LogP contribution < -0.4 is 5.32 Å². The molecule has 1 aliphatic rings. The predicted molar refractivity (Wildman–Crippen MR) is 146 cm³/mol. The first-order valence-corrected chi connectivity index (χ1v) is 12.9. The van der Waals surface area contributed by atoms with Gasteiger partial charge in [-0.1, -0.05) is 107 Å². The van der Waals surface area contributed by atoms with E-state index in [-0.39, 0.29) is 25.2 Å². The van der Waals surface area contributed by atoms with Crippen molar-refractivity contribution in [1.29, 1.82) is 0 Å². The van der Waals surface area contributed by atoms with E-state index in [1.165, 1.54) is 0 Å². The van der Waals surface area contributed by atoms with E-state index in [2.05, 4.69) is 21.2 Å². The van der Waals surface area contributed by atoms with E-state index < -0.39 is 11.9 Å². The Morgan fingerprint density at radius 2 is 1.35 bits per heavy atom. The average Bonchev–Trinajstić information content (AvgIpc) is 2.95. The predicted octanol–water partition coefficient (Wildman–Crippen LogP) is 7.19. The van der Waals surface area contributed by atoms with Gasteiger partial charge in [-0.3, -0.25) is 4.79 Å². The Morgan fingerprint density at radius 1 is 0.784 bits per heavy atom. The number of esters is 2. The highest BCUT2D eigenvalue weighted by atomic mass is 79.9. The van der Waals surface area contributed by atoms with E-state index in [1.807, 2.05) is 97.1 Å². The van der Waals surface area contributed by atoms with E-state index in [0.717, 1.165) is 16.7 Å². The van der Waals surface area contributed by atoms with Crippen LogP contribution in [0.4, 0.5) is 5.69 Å². The minimum Gasteiger partial charge on any atom is -0.460 e. The first kappa shape index (κ1) is 24.8. The van der Waals surface area contributed by atoms with Crippen molar-refractivity contribution >= 4 is 33.6 Å². The fraction of sp³-hybridized carbons (Fsp3) is 0.161. The van der Waals surface area contributed by atoms with Crippen molar-refractivity contribution in [3.8, 4) is 0 Å². The number of carbonyl (C=O) groups is 2. The smallest absolute Gasteiger partial charge is 0.340 e. The molecule has 6 heteroatoms. The van der Waals surface area contributed by atoms with Crippen LogP contribution in [0.1, 0.15) is 51.0 Å². The summed E-state index contributed by atoms with van der Waals surface area (Å²) in [5.74, 6) is -1.34. The second kappa shape index (κ2) is 11.4. The van der Waals surface area contributed by atoms with Crippen molar-refractivity contribution in [3.05, 3.63) is 135 Å². The van der Waals surface area contributed by atoms with Crippen molar-refractivity contribution < 1.29 is 19.1 Å². The highest BCUT2D eigenvalue weighted by Crippen LogP contribution is 2.44. The molecule has 1 N–H and O–H groups in total. The van der Waals surface area contributed by atoms with Gasteiger partial charge in [0.15, 0.2) is 0 Å². The third-order valence-electron chi connectivity index (χ3n) is 6.44. The second-order valence-corrected chi connectivity index (χ2v) is 9.88. The van der Waals surface area contributed by atoms with E-state index in [0.29, 0.717) is 27.7 Å². The third-order valence-corrected chi connectivity index (χ3v) is 6.90. The summed E-state index contributed by atoms with van der Waals surface area (Å²) in [6, 6.07) is 32.5. The second-order valence-electron chi connectivity index (χ2n) is 8.97. The highest BCUT2D eigenvalue weighted by Gasteiger charge is 2.36. The number of carbonyl (C=O) groups excluding carboxylic acids is 2. The van der Waals surface area contributed by atoms with Crippen LogP contribution in [0.25, 0.3) is 0 Å². The minimum absolute atomic E-state index is 0.158. The van der Waals surface area contributed by atoms with Crippen molar-refractivity contribution in [1.82, 2.24) is 0 Å². The Balaban J connectivity index is 1.46. The summed E-state index contributed by atoms with van der Waals surface area (Å²) in [5, 5.41) is 3.52. The first-order chi connectivity index (χ1) is 18.1. The molecule has 5 rings (SSSR count). The van der Waals surface area contributed by atoms with Gasteiger partial charge in [-0.25, -0.2) is 4.79 Å². The standard InChI is InChI=1S/C31H26BrNO4/c32-24-16-25-26(30(34)36-19-21-10-4-1-5-11-21)18-28(23-14-8-3-9-15-23)33-29(25)27(17-24)31(35)37-20-22-12-6-2-7-13-22/h1-17,26,28,33H,18-20H2. The summed E-state index contributed by atoms with van der Waals surface area (Å²) in [6.07, 6.45) is 0.500. The third kappa shape index (κ3) is 5.92. The Morgan fingerprint density at radius 3 is 1.97 bits per heavy atom. The minimum atomic E-state index is -0.552. The number of hydrogen-bond donors (Lipinski definition) is 1. The van der Waals surface area contributed by atoms with Crippen molar-refractivity contribution in [3.63, 3.8) is 0 Å². The van der Waals surface area contributed by atoms with Gasteiger partial charge in [-0.15, -0.1) is 0 Å².